The lowest BCUT2D eigenvalue weighted by molar-refractivity contribution is 0.0692. The average Bonchev–Trinajstić information content (AvgIpc) is 2.80. The zero-order chi connectivity index (χ0) is 14.9. The van der Waals surface area contributed by atoms with Crippen molar-refractivity contribution in [2.45, 2.75) is 19.8 Å². The van der Waals surface area contributed by atoms with Crippen LogP contribution in [0, 0.1) is 0 Å². The molecule has 1 aromatic heterocycles. The lowest BCUT2D eigenvalue weighted by atomic mass is 9.99. The number of nitrogens with zero attached hydrogens (tertiary/aromatic N) is 1. The fourth-order valence-corrected chi connectivity index (χ4v) is 2.00. The van der Waals surface area contributed by atoms with E-state index in [4.69, 9.17) is 10.5 Å². The standard InChI is InChI=1S/C14H17N3O3/c1-7(2)8-4-5-9(10(6-8)20-3)11-12(13(18)19)17-14(15)16-11/h4-7H,1-3H3,(H,18,19)(H3,15,16,17). The molecule has 20 heavy (non-hydrogen) atoms. The number of imidazole rings is 1. The predicted octanol–water partition coefficient (Wildman–Crippen LogP) is 2.49. The highest BCUT2D eigenvalue weighted by Crippen LogP contribution is 2.34. The smallest absolute Gasteiger partial charge is 0.354 e. The normalized spacial score (nSPS) is 10.8. The number of benzene rings is 1. The van der Waals surface area contributed by atoms with Gasteiger partial charge in [-0.15, -0.1) is 0 Å². The Hall–Kier alpha value is -2.50. The number of methoxy groups -OCH3 is 1. The minimum atomic E-state index is -1.11. The van der Waals surface area contributed by atoms with Crippen LogP contribution < -0.4 is 10.5 Å². The molecule has 0 unspecified atom stereocenters. The Kier molecular flexibility index (Phi) is 3.65. The lowest BCUT2D eigenvalue weighted by Gasteiger charge is -2.11. The van der Waals surface area contributed by atoms with Crippen molar-refractivity contribution in [2.24, 2.45) is 0 Å². The molecule has 0 bridgehead atoms. The molecule has 1 aromatic carbocycles. The van der Waals surface area contributed by atoms with Gasteiger partial charge < -0.3 is 20.6 Å². The highest BCUT2D eigenvalue weighted by atomic mass is 16.5. The molecule has 0 atom stereocenters. The summed E-state index contributed by atoms with van der Waals surface area (Å²) in [7, 11) is 1.54. The number of aromatic amines is 1. The summed E-state index contributed by atoms with van der Waals surface area (Å²) >= 11 is 0. The van der Waals surface area contributed by atoms with Crippen LogP contribution in [0.3, 0.4) is 0 Å². The van der Waals surface area contributed by atoms with Gasteiger partial charge in [0.15, 0.2) is 11.6 Å². The maximum absolute atomic E-state index is 11.2. The minimum absolute atomic E-state index is 0.0434. The van der Waals surface area contributed by atoms with Gasteiger partial charge in [0.25, 0.3) is 0 Å². The van der Waals surface area contributed by atoms with Crippen molar-refractivity contribution in [1.29, 1.82) is 0 Å². The summed E-state index contributed by atoms with van der Waals surface area (Å²) in [4.78, 5) is 17.8. The van der Waals surface area contributed by atoms with Gasteiger partial charge in [0.05, 0.1) is 7.11 Å². The van der Waals surface area contributed by atoms with E-state index in [1.807, 2.05) is 12.1 Å². The fourth-order valence-electron chi connectivity index (χ4n) is 2.00. The Bertz CT molecular complexity index is 647. The van der Waals surface area contributed by atoms with Crippen LogP contribution >= 0.6 is 0 Å². The van der Waals surface area contributed by atoms with Crippen LogP contribution in [0.4, 0.5) is 5.95 Å². The number of rotatable bonds is 4. The van der Waals surface area contributed by atoms with Crippen LogP contribution in [0.2, 0.25) is 0 Å². The maximum Gasteiger partial charge on any atom is 0.354 e. The molecule has 0 saturated heterocycles. The number of aromatic nitrogens is 2. The number of carboxylic acid groups (broad SMARTS) is 1. The van der Waals surface area contributed by atoms with Gasteiger partial charge in [-0.3, -0.25) is 0 Å². The third kappa shape index (κ3) is 2.45. The van der Waals surface area contributed by atoms with E-state index in [1.54, 1.807) is 13.2 Å². The van der Waals surface area contributed by atoms with E-state index < -0.39 is 5.97 Å². The summed E-state index contributed by atoms with van der Waals surface area (Å²) < 4.78 is 5.35. The van der Waals surface area contributed by atoms with Gasteiger partial charge in [-0.1, -0.05) is 19.9 Å². The number of hydrogen-bond acceptors (Lipinski definition) is 4. The van der Waals surface area contributed by atoms with Crippen molar-refractivity contribution in [3.8, 4) is 17.0 Å². The lowest BCUT2D eigenvalue weighted by Crippen LogP contribution is -2.01. The first kappa shape index (κ1) is 13.9. The zero-order valence-electron chi connectivity index (χ0n) is 11.6. The first-order valence-electron chi connectivity index (χ1n) is 6.21. The SMILES string of the molecule is COc1cc(C(C)C)ccc1-c1nc(N)[nH]c1C(=O)O. The third-order valence-corrected chi connectivity index (χ3v) is 3.08. The van der Waals surface area contributed by atoms with Gasteiger partial charge >= 0.3 is 5.97 Å². The zero-order valence-corrected chi connectivity index (χ0v) is 11.6. The van der Waals surface area contributed by atoms with Gasteiger partial charge in [-0.2, -0.15) is 0 Å². The van der Waals surface area contributed by atoms with Crippen LogP contribution in [0.1, 0.15) is 35.8 Å². The van der Waals surface area contributed by atoms with Crippen LogP contribution in [0.5, 0.6) is 5.75 Å². The molecule has 6 heteroatoms. The number of nitrogens with two attached hydrogens (primary N) is 1. The first-order chi connectivity index (χ1) is 9.43. The van der Waals surface area contributed by atoms with E-state index in [-0.39, 0.29) is 17.3 Å². The Morgan fingerprint density at radius 3 is 2.70 bits per heavy atom. The second-order valence-electron chi connectivity index (χ2n) is 4.77. The Labute approximate surface area is 116 Å². The monoisotopic (exact) mass is 275 g/mol. The maximum atomic E-state index is 11.2. The number of nitrogens with one attached hydrogen (secondary N) is 1. The molecule has 0 spiro atoms. The second kappa shape index (κ2) is 5.24. The highest BCUT2D eigenvalue weighted by molar-refractivity contribution is 5.94. The number of anilines is 1. The van der Waals surface area contributed by atoms with Gasteiger partial charge in [-0.05, 0) is 23.6 Å². The number of carboxylic acids is 1. The summed E-state index contributed by atoms with van der Waals surface area (Å²) in [6.07, 6.45) is 0. The van der Waals surface area contributed by atoms with Gasteiger partial charge in [0.1, 0.15) is 11.4 Å². The van der Waals surface area contributed by atoms with Gasteiger partial charge in [0.2, 0.25) is 0 Å². The predicted molar refractivity (Wildman–Crippen MR) is 76.0 cm³/mol. The Morgan fingerprint density at radius 1 is 1.45 bits per heavy atom. The summed E-state index contributed by atoms with van der Waals surface area (Å²) in [6.45, 7) is 4.15. The van der Waals surface area contributed by atoms with Crippen molar-refractivity contribution in [2.75, 3.05) is 12.8 Å². The molecule has 106 valence electrons. The third-order valence-electron chi connectivity index (χ3n) is 3.08. The molecular weight excluding hydrogens is 258 g/mol. The molecular formula is C14H17N3O3. The average molecular weight is 275 g/mol. The largest absolute Gasteiger partial charge is 0.496 e. The summed E-state index contributed by atoms with van der Waals surface area (Å²) in [5, 5.41) is 9.18. The van der Waals surface area contributed by atoms with E-state index in [0.717, 1.165) is 5.56 Å². The fraction of sp³-hybridized carbons (Fsp3) is 0.286. The van der Waals surface area contributed by atoms with Gasteiger partial charge in [0, 0.05) is 5.56 Å². The van der Waals surface area contributed by atoms with E-state index >= 15 is 0 Å². The molecule has 0 aliphatic rings. The van der Waals surface area contributed by atoms with Crippen LogP contribution in [0.25, 0.3) is 11.3 Å². The number of hydrogen-bond donors (Lipinski definition) is 3. The van der Waals surface area contributed by atoms with Crippen LogP contribution in [-0.2, 0) is 0 Å². The molecule has 2 aromatic rings. The molecule has 0 fully saturated rings. The van der Waals surface area contributed by atoms with Crippen molar-refractivity contribution in [3.63, 3.8) is 0 Å². The summed E-state index contributed by atoms with van der Waals surface area (Å²) in [6, 6.07) is 5.62. The molecule has 0 saturated carbocycles. The molecule has 6 nitrogen and oxygen atoms in total. The molecule has 4 N–H and O–H groups in total. The van der Waals surface area contributed by atoms with Gasteiger partial charge in [-0.25, -0.2) is 9.78 Å². The molecule has 1 heterocycles. The molecule has 0 radical (unpaired) electrons. The molecule has 0 aliphatic heterocycles. The molecule has 0 aliphatic carbocycles. The Morgan fingerprint density at radius 2 is 2.15 bits per heavy atom. The van der Waals surface area contributed by atoms with Crippen molar-refractivity contribution < 1.29 is 14.6 Å². The van der Waals surface area contributed by atoms with Crippen molar-refractivity contribution in [3.05, 3.63) is 29.5 Å². The number of ether oxygens (including phenoxy) is 1. The first-order valence-corrected chi connectivity index (χ1v) is 6.21. The van der Waals surface area contributed by atoms with Crippen molar-refractivity contribution in [1.82, 2.24) is 9.97 Å². The second-order valence-corrected chi connectivity index (χ2v) is 4.77. The van der Waals surface area contributed by atoms with Crippen molar-refractivity contribution >= 4 is 11.9 Å². The highest BCUT2D eigenvalue weighted by Gasteiger charge is 2.20. The summed E-state index contributed by atoms with van der Waals surface area (Å²) in [5.74, 6) is -0.127. The van der Waals surface area contributed by atoms with E-state index in [0.29, 0.717) is 17.2 Å². The number of H-pyrrole nitrogens is 1. The molecule has 2 rings (SSSR count). The number of nitrogen functional groups attached to an aromatic ring is 1. The van der Waals surface area contributed by atoms with E-state index in [9.17, 15) is 9.90 Å². The minimum Gasteiger partial charge on any atom is -0.496 e. The topological polar surface area (TPSA) is 101 Å². The quantitative estimate of drug-likeness (QED) is 0.795. The number of aromatic carboxylic acids is 1. The summed E-state index contributed by atoms with van der Waals surface area (Å²) in [5.41, 5.74) is 7.49. The Balaban J connectivity index is 2.60. The van der Waals surface area contributed by atoms with Crippen LogP contribution in [0.15, 0.2) is 18.2 Å². The number of carbonyl (C=O) groups is 1. The molecule has 0 amide bonds. The van der Waals surface area contributed by atoms with Crippen LogP contribution in [-0.4, -0.2) is 28.2 Å². The van der Waals surface area contributed by atoms with E-state index in [1.165, 1.54) is 0 Å². The van der Waals surface area contributed by atoms with E-state index in [2.05, 4.69) is 23.8 Å².